The van der Waals surface area contributed by atoms with Crippen LogP contribution in [0.4, 0.5) is 11.4 Å². The summed E-state index contributed by atoms with van der Waals surface area (Å²) in [6.07, 6.45) is 0.231. The molecule has 0 aliphatic carbocycles. The minimum atomic E-state index is -0.359. The third kappa shape index (κ3) is 4.10. The van der Waals surface area contributed by atoms with Crippen LogP contribution in [0.15, 0.2) is 94.7 Å². The van der Waals surface area contributed by atoms with E-state index in [9.17, 15) is 9.59 Å². The van der Waals surface area contributed by atoms with Gasteiger partial charge in [-0.3, -0.25) is 9.59 Å². The first-order valence-corrected chi connectivity index (χ1v) is 10.0. The number of rotatable bonds is 5. The summed E-state index contributed by atoms with van der Waals surface area (Å²) in [5.74, 6) is -0.492. The fourth-order valence-electron chi connectivity index (χ4n) is 3.25. The smallest absolute Gasteiger partial charge is 0.229 e. The highest BCUT2D eigenvalue weighted by Crippen LogP contribution is 2.34. The van der Waals surface area contributed by atoms with E-state index in [1.807, 2.05) is 84.9 Å². The molecular weight excluding hydrogens is 368 g/mol. The molecule has 0 saturated carbocycles. The fourth-order valence-corrected chi connectivity index (χ4v) is 4.17. The van der Waals surface area contributed by atoms with Crippen molar-refractivity contribution in [3.63, 3.8) is 0 Å². The Balaban J connectivity index is 1.47. The Hall–Kier alpha value is -3.05. The molecular formula is C23H20N2O2S. The van der Waals surface area contributed by atoms with Gasteiger partial charge in [-0.25, -0.2) is 0 Å². The van der Waals surface area contributed by atoms with Crippen molar-refractivity contribution in [2.24, 2.45) is 5.92 Å². The van der Waals surface area contributed by atoms with E-state index < -0.39 is 0 Å². The summed E-state index contributed by atoms with van der Waals surface area (Å²) in [4.78, 5) is 29.0. The van der Waals surface area contributed by atoms with Crippen LogP contribution in [-0.4, -0.2) is 18.4 Å². The zero-order chi connectivity index (χ0) is 19.3. The van der Waals surface area contributed by atoms with Crippen LogP contribution >= 0.6 is 11.8 Å². The van der Waals surface area contributed by atoms with Crippen molar-refractivity contribution in [3.8, 4) is 0 Å². The molecule has 0 unspecified atom stereocenters. The maximum Gasteiger partial charge on any atom is 0.229 e. The van der Waals surface area contributed by atoms with Gasteiger partial charge in [0.1, 0.15) is 0 Å². The molecule has 0 spiro atoms. The molecule has 4 rings (SSSR count). The number of para-hydroxylation sites is 2. The summed E-state index contributed by atoms with van der Waals surface area (Å²) in [7, 11) is 0. The molecule has 1 atom stereocenters. The maximum atomic E-state index is 12.8. The van der Waals surface area contributed by atoms with Gasteiger partial charge < -0.3 is 10.2 Å². The molecule has 3 aromatic rings. The molecule has 0 bridgehead atoms. The number of hydrogen-bond donors (Lipinski definition) is 1. The monoisotopic (exact) mass is 388 g/mol. The van der Waals surface area contributed by atoms with Crippen molar-refractivity contribution >= 4 is 35.0 Å². The summed E-state index contributed by atoms with van der Waals surface area (Å²) >= 11 is 1.60. The number of carbonyl (C=O) groups excluding carboxylic acids is 2. The first-order chi connectivity index (χ1) is 13.7. The highest BCUT2D eigenvalue weighted by molar-refractivity contribution is 7.99. The van der Waals surface area contributed by atoms with Crippen LogP contribution in [0.2, 0.25) is 0 Å². The molecule has 28 heavy (non-hydrogen) atoms. The van der Waals surface area contributed by atoms with Crippen LogP contribution in [0.3, 0.4) is 0 Å². The molecule has 140 valence electrons. The van der Waals surface area contributed by atoms with E-state index in [1.54, 1.807) is 16.7 Å². The molecule has 0 radical (unpaired) electrons. The van der Waals surface area contributed by atoms with E-state index in [-0.39, 0.29) is 24.2 Å². The largest absolute Gasteiger partial charge is 0.325 e. The van der Waals surface area contributed by atoms with Gasteiger partial charge >= 0.3 is 0 Å². The van der Waals surface area contributed by atoms with Gasteiger partial charge in [-0.15, -0.1) is 0 Å². The second-order valence-corrected chi connectivity index (χ2v) is 7.76. The van der Waals surface area contributed by atoms with Crippen molar-refractivity contribution < 1.29 is 9.59 Å². The molecule has 0 aromatic heterocycles. The van der Waals surface area contributed by atoms with Crippen molar-refractivity contribution in [1.82, 2.24) is 0 Å². The number of anilines is 2. The number of nitrogens with one attached hydrogen (secondary N) is 1. The van der Waals surface area contributed by atoms with Crippen molar-refractivity contribution in [2.75, 3.05) is 16.8 Å². The predicted molar refractivity (Wildman–Crippen MR) is 113 cm³/mol. The standard InChI is InChI=1S/C23H20N2O2S/c26-22-15-17(16-25(22)18-9-3-1-4-10-18)23(27)24-20-13-7-8-14-21(20)28-19-11-5-2-6-12-19/h1-14,17H,15-16H2,(H,24,27)/t17-/m0/s1. The second kappa shape index (κ2) is 8.31. The summed E-state index contributed by atoms with van der Waals surface area (Å²) in [6.45, 7) is 0.405. The number of benzene rings is 3. The first kappa shape index (κ1) is 18.3. The van der Waals surface area contributed by atoms with Crippen LogP contribution in [0.5, 0.6) is 0 Å². The summed E-state index contributed by atoms with van der Waals surface area (Å²) in [6, 6.07) is 27.3. The molecule has 1 saturated heterocycles. The zero-order valence-electron chi connectivity index (χ0n) is 15.2. The SMILES string of the molecule is O=C(Nc1ccccc1Sc1ccccc1)[C@H]1CC(=O)N(c2ccccc2)C1. The topological polar surface area (TPSA) is 49.4 Å². The second-order valence-electron chi connectivity index (χ2n) is 6.64. The van der Waals surface area contributed by atoms with Gasteiger partial charge in [0.05, 0.1) is 11.6 Å². The van der Waals surface area contributed by atoms with Crippen LogP contribution in [-0.2, 0) is 9.59 Å². The number of hydrogen-bond acceptors (Lipinski definition) is 3. The van der Waals surface area contributed by atoms with E-state index in [0.29, 0.717) is 6.54 Å². The Morgan fingerprint density at radius 3 is 2.29 bits per heavy atom. The molecule has 1 N–H and O–H groups in total. The average molecular weight is 388 g/mol. The van der Waals surface area contributed by atoms with Gasteiger partial charge in [0, 0.05) is 28.4 Å². The Kier molecular flexibility index (Phi) is 5.44. The van der Waals surface area contributed by atoms with Gasteiger partial charge in [0.2, 0.25) is 11.8 Å². The van der Waals surface area contributed by atoms with Crippen molar-refractivity contribution in [2.45, 2.75) is 16.2 Å². The van der Waals surface area contributed by atoms with Crippen LogP contribution < -0.4 is 10.2 Å². The van der Waals surface area contributed by atoms with Crippen molar-refractivity contribution in [1.29, 1.82) is 0 Å². The van der Waals surface area contributed by atoms with Crippen LogP contribution in [0.1, 0.15) is 6.42 Å². The average Bonchev–Trinajstić information content (AvgIpc) is 3.13. The summed E-state index contributed by atoms with van der Waals surface area (Å²) in [5, 5.41) is 3.03. The molecule has 1 aliphatic rings. The van der Waals surface area contributed by atoms with Gasteiger partial charge in [-0.05, 0) is 36.4 Å². The van der Waals surface area contributed by atoms with E-state index in [2.05, 4.69) is 5.32 Å². The van der Waals surface area contributed by atoms with Gasteiger partial charge in [-0.1, -0.05) is 60.3 Å². The lowest BCUT2D eigenvalue weighted by Crippen LogP contribution is -2.28. The minimum absolute atomic E-state index is 0.0155. The molecule has 1 heterocycles. The summed E-state index contributed by atoms with van der Waals surface area (Å²) in [5.41, 5.74) is 1.61. The number of carbonyl (C=O) groups is 2. The Morgan fingerprint density at radius 2 is 1.54 bits per heavy atom. The molecule has 5 heteroatoms. The number of amides is 2. The number of nitrogens with zero attached hydrogens (tertiary/aromatic N) is 1. The van der Waals surface area contributed by atoms with Crippen molar-refractivity contribution in [3.05, 3.63) is 84.9 Å². The van der Waals surface area contributed by atoms with Crippen LogP contribution in [0, 0.1) is 5.92 Å². The van der Waals surface area contributed by atoms with E-state index >= 15 is 0 Å². The Labute approximate surface area is 168 Å². The molecule has 2 amide bonds. The highest BCUT2D eigenvalue weighted by Gasteiger charge is 2.35. The van der Waals surface area contributed by atoms with Crippen LogP contribution in [0.25, 0.3) is 0 Å². The molecule has 1 aliphatic heterocycles. The molecule has 1 fully saturated rings. The van der Waals surface area contributed by atoms with E-state index in [1.165, 1.54) is 0 Å². The summed E-state index contributed by atoms with van der Waals surface area (Å²) < 4.78 is 0. The first-order valence-electron chi connectivity index (χ1n) is 9.19. The third-order valence-electron chi connectivity index (χ3n) is 4.68. The lowest BCUT2D eigenvalue weighted by Gasteiger charge is -2.17. The van der Waals surface area contributed by atoms with Gasteiger partial charge in [0.15, 0.2) is 0 Å². The molecule has 4 nitrogen and oxygen atoms in total. The van der Waals surface area contributed by atoms with E-state index in [4.69, 9.17) is 0 Å². The third-order valence-corrected chi connectivity index (χ3v) is 5.76. The van der Waals surface area contributed by atoms with Gasteiger partial charge in [-0.2, -0.15) is 0 Å². The lowest BCUT2D eigenvalue weighted by molar-refractivity contribution is -0.122. The quantitative estimate of drug-likeness (QED) is 0.681. The fraction of sp³-hybridized carbons (Fsp3) is 0.130. The molecule has 3 aromatic carbocycles. The highest BCUT2D eigenvalue weighted by atomic mass is 32.2. The zero-order valence-corrected chi connectivity index (χ0v) is 16.1. The van der Waals surface area contributed by atoms with Gasteiger partial charge in [0.25, 0.3) is 0 Å². The normalized spacial score (nSPS) is 16.2. The predicted octanol–water partition coefficient (Wildman–Crippen LogP) is 4.83. The van der Waals surface area contributed by atoms with E-state index in [0.717, 1.165) is 21.2 Å². The Morgan fingerprint density at radius 1 is 0.893 bits per heavy atom. The maximum absolute atomic E-state index is 12.8. The minimum Gasteiger partial charge on any atom is -0.325 e. The Bertz CT molecular complexity index is 976. The lowest BCUT2D eigenvalue weighted by atomic mass is 10.1.